The minimum Gasteiger partial charge on any atom is -0.317 e. The maximum Gasteiger partial charge on any atom is 0.00388 e. The molecule has 1 heterocycles. The molecule has 1 rings (SSSR count). The Bertz CT molecular complexity index is 145. The van der Waals surface area contributed by atoms with Crippen molar-refractivity contribution in [1.82, 2.24) is 10.2 Å². The summed E-state index contributed by atoms with van der Waals surface area (Å²) in [5, 5.41) is 3.45. The van der Waals surface area contributed by atoms with Crippen molar-refractivity contribution in [3.63, 3.8) is 0 Å². The lowest BCUT2D eigenvalue weighted by molar-refractivity contribution is 0.262. The first kappa shape index (κ1) is 11.0. The fourth-order valence-electron chi connectivity index (χ4n) is 2.09. The van der Waals surface area contributed by atoms with Crippen LogP contribution in [0.1, 0.15) is 27.7 Å². The highest BCUT2D eigenvalue weighted by atomic mass is 15.2. The fourth-order valence-corrected chi connectivity index (χ4v) is 2.09. The molecule has 2 unspecified atom stereocenters. The van der Waals surface area contributed by atoms with Crippen LogP contribution in [0.15, 0.2) is 0 Å². The summed E-state index contributed by atoms with van der Waals surface area (Å²) in [7, 11) is 0. The molecule has 0 aliphatic carbocycles. The van der Waals surface area contributed by atoms with Crippen LogP contribution >= 0.6 is 0 Å². The van der Waals surface area contributed by atoms with Gasteiger partial charge in [-0.2, -0.15) is 0 Å². The van der Waals surface area contributed by atoms with Crippen molar-refractivity contribution in [2.45, 2.75) is 33.7 Å². The molecule has 1 aliphatic heterocycles. The minimum atomic E-state index is 0.717. The van der Waals surface area contributed by atoms with Crippen molar-refractivity contribution in [3.05, 3.63) is 0 Å². The summed E-state index contributed by atoms with van der Waals surface area (Å²) >= 11 is 0. The SMILES string of the molecule is CCNCC1CN(C(C)C)CC1C. The average Bonchev–Trinajstić information content (AvgIpc) is 2.44. The molecule has 2 heteroatoms. The quantitative estimate of drug-likeness (QED) is 0.713. The molecule has 0 aromatic carbocycles. The third-order valence-corrected chi connectivity index (χ3v) is 3.18. The molecule has 0 aromatic heterocycles. The van der Waals surface area contributed by atoms with Crippen molar-refractivity contribution in [2.24, 2.45) is 11.8 Å². The number of hydrogen-bond donors (Lipinski definition) is 1. The summed E-state index contributed by atoms with van der Waals surface area (Å²) in [6.07, 6.45) is 0. The van der Waals surface area contributed by atoms with E-state index in [0.717, 1.165) is 18.4 Å². The summed E-state index contributed by atoms with van der Waals surface area (Å²) in [6.45, 7) is 14.0. The molecular weight excluding hydrogens is 160 g/mol. The van der Waals surface area contributed by atoms with Gasteiger partial charge in [-0.1, -0.05) is 13.8 Å². The van der Waals surface area contributed by atoms with Gasteiger partial charge in [0.15, 0.2) is 0 Å². The zero-order valence-corrected chi connectivity index (χ0v) is 9.51. The van der Waals surface area contributed by atoms with E-state index >= 15 is 0 Å². The highest BCUT2D eigenvalue weighted by Crippen LogP contribution is 2.23. The second kappa shape index (κ2) is 4.97. The molecule has 1 N–H and O–H groups in total. The van der Waals surface area contributed by atoms with Gasteiger partial charge in [0.1, 0.15) is 0 Å². The zero-order valence-electron chi connectivity index (χ0n) is 9.51. The third kappa shape index (κ3) is 2.96. The minimum absolute atomic E-state index is 0.717. The van der Waals surface area contributed by atoms with Crippen LogP contribution in [0, 0.1) is 11.8 Å². The molecule has 0 amide bonds. The Morgan fingerprint density at radius 2 is 2.08 bits per heavy atom. The molecule has 0 saturated carbocycles. The van der Waals surface area contributed by atoms with Gasteiger partial charge in [0.05, 0.1) is 0 Å². The molecule has 2 atom stereocenters. The van der Waals surface area contributed by atoms with Gasteiger partial charge in [-0.05, 0) is 38.8 Å². The molecule has 1 fully saturated rings. The summed E-state index contributed by atoms with van der Waals surface area (Å²) in [5.41, 5.74) is 0. The molecule has 0 bridgehead atoms. The third-order valence-electron chi connectivity index (χ3n) is 3.18. The first-order valence-corrected chi connectivity index (χ1v) is 5.59. The Hall–Kier alpha value is -0.0800. The van der Waals surface area contributed by atoms with Crippen molar-refractivity contribution in [3.8, 4) is 0 Å². The van der Waals surface area contributed by atoms with Gasteiger partial charge < -0.3 is 10.2 Å². The van der Waals surface area contributed by atoms with Crippen molar-refractivity contribution < 1.29 is 0 Å². The fraction of sp³-hybridized carbons (Fsp3) is 1.00. The largest absolute Gasteiger partial charge is 0.317 e. The van der Waals surface area contributed by atoms with Gasteiger partial charge in [0.25, 0.3) is 0 Å². The number of hydrogen-bond acceptors (Lipinski definition) is 2. The van der Waals surface area contributed by atoms with Crippen molar-refractivity contribution >= 4 is 0 Å². The van der Waals surface area contributed by atoms with Crippen LogP contribution in [-0.4, -0.2) is 37.1 Å². The molecule has 13 heavy (non-hydrogen) atoms. The predicted molar refractivity (Wildman–Crippen MR) is 57.9 cm³/mol. The summed E-state index contributed by atoms with van der Waals surface area (Å²) < 4.78 is 0. The van der Waals surface area contributed by atoms with Crippen LogP contribution in [0.4, 0.5) is 0 Å². The zero-order chi connectivity index (χ0) is 9.84. The van der Waals surface area contributed by atoms with E-state index in [2.05, 4.69) is 37.9 Å². The second-order valence-corrected chi connectivity index (χ2v) is 4.59. The second-order valence-electron chi connectivity index (χ2n) is 4.59. The molecule has 1 aliphatic rings. The Balaban J connectivity index is 2.33. The lowest BCUT2D eigenvalue weighted by Gasteiger charge is -2.20. The summed E-state index contributed by atoms with van der Waals surface area (Å²) in [4.78, 5) is 2.59. The van der Waals surface area contributed by atoms with Gasteiger partial charge in [-0.15, -0.1) is 0 Å². The monoisotopic (exact) mass is 184 g/mol. The number of nitrogens with zero attached hydrogens (tertiary/aromatic N) is 1. The van der Waals surface area contributed by atoms with Crippen LogP contribution in [0.25, 0.3) is 0 Å². The Morgan fingerprint density at radius 1 is 1.38 bits per heavy atom. The Kier molecular flexibility index (Phi) is 4.20. The summed E-state index contributed by atoms with van der Waals surface area (Å²) in [6, 6.07) is 0.717. The smallest absolute Gasteiger partial charge is 0.00388 e. The molecule has 0 radical (unpaired) electrons. The maximum absolute atomic E-state index is 3.45. The summed E-state index contributed by atoms with van der Waals surface area (Å²) in [5.74, 6) is 1.73. The highest BCUT2D eigenvalue weighted by Gasteiger charge is 2.29. The Morgan fingerprint density at radius 3 is 2.54 bits per heavy atom. The lowest BCUT2D eigenvalue weighted by atomic mass is 9.98. The van der Waals surface area contributed by atoms with E-state index in [1.807, 2.05) is 0 Å². The average molecular weight is 184 g/mol. The van der Waals surface area contributed by atoms with Gasteiger partial charge in [0, 0.05) is 19.1 Å². The van der Waals surface area contributed by atoms with Gasteiger partial charge >= 0.3 is 0 Å². The van der Waals surface area contributed by atoms with Gasteiger partial charge in [-0.25, -0.2) is 0 Å². The molecule has 78 valence electrons. The lowest BCUT2D eigenvalue weighted by Crippen LogP contribution is -2.30. The van der Waals surface area contributed by atoms with E-state index in [1.165, 1.54) is 19.6 Å². The van der Waals surface area contributed by atoms with E-state index in [0.29, 0.717) is 6.04 Å². The van der Waals surface area contributed by atoms with Crippen LogP contribution < -0.4 is 5.32 Å². The first-order chi connectivity index (χ1) is 6.15. The normalized spacial score (nSPS) is 30.2. The van der Waals surface area contributed by atoms with Gasteiger partial charge in [-0.3, -0.25) is 0 Å². The van der Waals surface area contributed by atoms with E-state index in [1.54, 1.807) is 0 Å². The Labute approximate surface area is 82.7 Å². The van der Waals surface area contributed by atoms with Crippen molar-refractivity contribution in [1.29, 1.82) is 0 Å². The number of rotatable bonds is 4. The molecule has 2 nitrogen and oxygen atoms in total. The van der Waals surface area contributed by atoms with Crippen LogP contribution in [0.2, 0.25) is 0 Å². The van der Waals surface area contributed by atoms with Crippen LogP contribution in [0.5, 0.6) is 0 Å². The number of nitrogens with one attached hydrogen (secondary N) is 1. The first-order valence-electron chi connectivity index (χ1n) is 5.59. The molecule has 0 spiro atoms. The highest BCUT2D eigenvalue weighted by molar-refractivity contribution is 4.84. The van der Waals surface area contributed by atoms with Crippen LogP contribution in [-0.2, 0) is 0 Å². The van der Waals surface area contributed by atoms with E-state index in [4.69, 9.17) is 0 Å². The molecule has 0 aromatic rings. The topological polar surface area (TPSA) is 15.3 Å². The molecular formula is C11H24N2. The van der Waals surface area contributed by atoms with Gasteiger partial charge in [0.2, 0.25) is 0 Å². The van der Waals surface area contributed by atoms with E-state index in [9.17, 15) is 0 Å². The van der Waals surface area contributed by atoms with E-state index < -0.39 is 0 Å². The molecule has 1 saturated heterocycles. The van der Waals surface area contributed by atoms with E-state index in [-0.39, 0.29) is 0 Å². The number of likely N-dealkylation sites (tertiary alicyclic amines) is 1. The standard InChI is InChI=1S/C11H24N2/c1-5-12-6-11-8-13(9(2)3)7-10(11)4/h9-12H,5-8H2,1-4H3. The maximum atomic E-state index is 3.45. The van der Waals surface area contributed by atoms with Crippen LogP contribution in [0.3, 0.4) is 0 Å². The van der Waals surface area contributed by atoms with Crippen molar-refractivity contribution in [2.75, 3.05) is 26.2 Å². The predicted octanol–water partition coefficient (Wildman–Crippen LogP) is 1.57.